The Morgan fingerprint density at radius 1 is 1.40 bits per heavy atom. The molecule has 0 rings (SSSR count). The highest BCUT2D eigenvalue weighted by molar-refractivity contribution is 5.81. The highest BCUT2D eigenvalue weighted by atomic mass is 16.5. The fraction of sp³-hybridized carbons (Fsp3) is 0.909. The summed E-state index contributed by atoms with van der Waals surface area (Å²) in [6.07, 6.45) is 2.88. The van der Waals surface area contributed by atoms with Crippen molar-refractivity contribution in [2.45, 2.75) is 52.2 Å². The third-order valence-electron chi connectivity index (χ3n) is 2.10. The Bertz CT molecular complexity index is 172. The Morgan fingerprint density at radius 3 is 2.60 bits per heavy atom. The lowest BCUT2D eigenvalue weighted by Crippen LogP contribution is -2.40. The van der Waals surface area contributed by atoms with Crippen LogP contribution in [0.15, 0.2) is 0 Å². The maximum Gasteiger partial charge on any atom is 0.236 e. The first kappa shape index (κ1) is 14.4. The number of hydrogen-bond acceptors (Lipinski definition) is 3. The van der Waals surface area contributed by atoms with Gasteiger partial charge in [-0.1, -0.05) is 6.92 Å². The molecule has 0 aromatic carbocycles. The third kappa shape index (κ3) is 8.39. The van der Waals surface area contributed by atoms with Crippen LogP contribution in [-0.2, 0) is 9.53 Å². The van der Waals surface area contributed by atoms with Gasteiger partial charge in [-0.15, -0.1) is 0 Å². The first-order chi connectivity index (χ1) is 7.07. The van der Waals surface area contributed by atoms with Crippen LogP contribution < -0.4 is 11.1 Å². The molecule has 1 amide bonds. The summed E-state index contributed by atoms with van der Waals surface area (Å²) in [5.74, 6) is -0.0534. The van der Waals surface area contributed by atoms with E-state index >= 15 is 0 Å². The summed E-state index contributed by atoms with van der Waals surface area (Å²) in [6, 6.07) is -0.364. The van der Waals surface area contributed by atoms with Crippen LogP contribution in [0, 0.1) is 0 Å². The molecule has 0 saturated carbocycles. The molecule has 0 heterocycles. The molecule has 0 aliphatic heterocycles. The number of nitrogens with two attached hydrogens (primary N) is 1. The van der Waals surface area contributed by atoms with E-state index in [0.717, 1.165) is 19.4 Å². The van der Waals surface area contributed by atoms with E-state index in [0.29, 0.717) is 13.0 Å². The van der Waals surface area contributed by atoms with Crippen LogP contribution in [0.1, 0.15) is 40.0 Å². The Labute approximate surface area is 92.6 Å². The van der Waals surface area contributed by atoms with E-state index in [-0.39, 0.29) is 18.1 Å². The van der Waals surface area contributed by atoms with Crippen LogP contribution in [0.4, 0.5) is 0 Å². The fourth-order valence-corrected chi connectivity index (χ4v) is 1.07. The van der Waals surface area contributed by atoms with Gasteiger partial charge in [0.1, 0.15) is 0 Å². The number of nitrogens with one attached hydrogen (secondary N) is 1. The lowest BCUT2D eigenvalue weighted by atomic mass is 10.2. The molecule has 0 bridgehead atoms. The monoisotopic (exact) mass is 216 g/mol. The molecule has 4 nitrogen and oxygen atoms in total. The largest absolute Gasteiger partial charge is 0.379 e. The maximum absolute atomic E-state index is 11.2. The Kier molecular flexibility index (Phi) is 8.33. The lowest BCUT2D eigenvalue weighted by Gasteiger charge is -2.10. The molecule has 0 saturated heterocycles. The minimum atomic E-state index is -0.364. The van der Waals surface area contributed by atoms with E-state index in [4.69, 9.17) is 10.5 Å². The molecule has 90 valence electrons. The molecular formula is C11H24N2O2. The van der Waals surface area contributed by atoms with E-state index in [1.807, 2.05) is 20.8 Å². The summed E-state index contributed by atoms with van der Waals surface area (Å²) in [7, 11) is 0. The minimum Gasteiger partial charge on any atom is -0.379 e. The molecule has 0 fully saturated rings. The van der Waals surface area contributed by atoms with E-state index in [1.54, 1.807) is 0 Å². The number of ether oxygens (including phenoxy) is 1. The first-order valence-electron chi connectivity index (χ1n) is 5.72. The fourth-order valence-electron chi connectivity index (χ4n) is 1.07. The van der Waals surface area contributed by atoms with Gasteiger partial charge in [0.25, 0.3) is 0 Å². The van der Waals surface area contributed by atoms with Gasteiger partial charge in [-0.3, -0.25) is 4.79 Å². The zero-order valence-electron chi connectivity index (χ0n) is 10.1. The van der Waals surface area contributed by atoms with E-state index in [1.165, 1.54) is 0 Å². The normalized spacial score (nSPS) is 12.9. The van der Waals surface area contributed by atoms with Gasteiger partial charge >= 0.3 is 0 Å². The minimum absolute atomic E-state index is 0.0534. The van der Waals surface area contributed by atoms with Crippen LogP contribution in [-0.4, -0.2) is 31.2 Å². The van der Waals surface area contributed by atoms with Crippen molar-refractivity contribution in [2.24, 2.45) is 5.73 Å². The summed E-state index contributed by atoms with van der Waals surface area (Å²) in [6.45, 7) is 7.38. The number of rotatable bonds is 8. The highest BCUT2D eigenvalue weighted by Gasteiger charge is 2.08. The number of amides is 1. The summed E-state index contributed by atoms with van der Waals surface area (Å²) >= 11 is 0. The highest BCUT2D eigenvalue weighted by Crippen LogP contribution is 1.94. The van der Waals surface area contributed by atoms with Gasteiger partial charge in [-0.25, -0.2) is 0 Å². The van der Waals surface area contributed by atoms with E-state index < -0.39 is 0 Å². The molecular weight excluding hydrogens is 192 g/mol. The second-order valence-corrected chi connectivity index (χ2v) is 3.93. The van der Waals surface area contributed by atoms with Crippen LogP contribution in [0.25, 0.3) is 0 Å². The lowest BCUT2D eigenvalue weighted by molar-refractivity contribution is -0.122. The molecule has 0 spiro atoms. The second-order valence-electron chi connectivity index (χ2n) is 3.93. The van der Waals surface area contributed by atoms with Crippen molar-refractivity contribution in [1.82, 2.24) is 5.32 Å². The van der Waals surface area contributed by atoms with Crippen molar-refractivity contribution in [3.05, 3.63) is 0 Å². The molecule has 15 heavy (non-hydrogen) atoms. The standard InChI is InChI=1S/C11H24N2O2/c1-4-10(12)11(14)13-7-5-6-8-15-9(2)3/h9-10H,4-8,12H2,1-3H3,(H,13,14)/t10-/m0/s1. The van der Waals surface area contributed by atoms with Crippen molar-refractivity contribution in [3.8, 4) is 0 Å². The molecule has 0 aromatic rings. The van der Waals surface area contributed by atoms with Gasteiger partial charge in [-0.05, 0) is 33.1 Å². The summed E-state index contributed by atoms with van der Waals surface area (Å²) in [4.78, 5) is 11.2. The van der Waals surface area contributed by atoms with Gasteiger partial charge in [0.15, 0.2) is 0 Å². The van der Waals surface area contributed by atoms with Gasteiger partial charge in [0.2, 0.25) is 5.91 Å². The van der Waals surface area contributed by atoms with Gasteiger partial charge < -0.3 is 15.8 Å². The molecule has 0 aliphatic carbocycles. The molecule has 0 radical (unpaired) electrons. The predicted octanol–water partition coefficient (Wildman–Crippen LogP) is 1.05. The molecule has 0 unspecified atom stereocenters. The quantitative estimate of drug-likeness (QED) is 0.596. The van der Waals surface area contributed by atoms with E-state index in [2.05, 4.69) is 5.32 Å². The molecule has 4 heteroatoms. The van der Waals surface area contributed by atoms with Crippen molar-refractivity contribution >= 4 is 5.91 Å². The predicted molar refractivity (Wildman–Crippen MR) is 61.6 cm³/mol. The van der Waals surface area contributed by atoms with Crippen molar-refractivity contribution in [1.29, 1.82) is 0 Å². The summed E-state index contributed by atoms with van der Waals surface area (Å²) in [5, 5.41) is 2.80. The average Bonchev–Trinajstić information content (AvgIpc) is 2.21. The number of carbonyl (C=O) groups excluding carboxylic acids is 1. The molecule has 1 atom stereocenters. The Hall–Kier alpha value is -0.610. The van der Waals surface area contributed by atoms with Crippen molar-refractivity contribution in [3.63, 3.8) is 0 Å². The van der Waals surface area contributed by atoms with Crippen molar-refractivity contribution in [2.75, 3.05) is 13.2 Å². The number of unbranched alkanes of at least 4 members (excludes halogenated alkanes) is 1. The average molecular weight is 216 g/mol. The summed E-state index contributed by atoms with van der Waals surface area (Å²) in [5.41, 5.74) is 5.56. The smallest absolute Gasteiger partial charge is 0.236 e. The zero-order valence-corrected chi connectivity index (χ0v) is 10.1. The van der Waals surface area contributed by atoms with Gasteiger partial charge in [0, 0.05) is 13.2 Å². The summed E-state index contributed by atoms with van der Waals surface area (Å²) < 4.78 is 5.38. The molecule has 3 N–H and O–H groups in total. The topological polar surface area (TPSA) is 64.4 Å². The zero-order chi connectivity index (χ0) is 11.7. The van der Waals surface area contributed by atoms with E-state index in [9.17, 15) is 4.79 Å². The SMILES string of the molecule is CC[C@H](N)C(=O)NCCCCOC(C)C. The van der Waals surface area contributed by atoms with Crippen LogP contribution >= 0.6 is 0 Å². The Morgan fingerprint density at radius 2 is 2.07 bits per heavy atom. The van der Waals surface area contributed by atoms with Crippen LogP contribution in [0.2, 0.25) is 0 Å². The Balaban J connectivity index is 3.27. The third-order valence-corrected chi connectivity index (χ3v) is 2.10. The molecule has 0 aliphatic rings. The van der Waals surface area contributed by atoms with Crippen molar-refractivity contribution < 1.29 is 9.53 Å². The second kappa shape index (κ2) is 8.68. The first-order valence-corrected chi connectivity index (χ1v) is 5.72. The maximum atomic E-state index is 11.2. The van der Waals surface area contributed by atoms with Gasteiger partial charge in [0.05, 0.1) is 12.1 Å². The van der Waals surface area contributed by atoms with Crippen LogP contribution in [0.5, 0.6) is 0 Å². The number of carbonyl (C=O) groups is 1. The number of hydrogen-bond donors (Lipinski definition) is 2. The van der Waals surface area contributed by atoms with Crippen LogP contribution in [0.3, 0.4) is 0 Å². The van der Waals surface area contributed by atoms with Gasteiger partial charge in [-0.2, -0.15) is 0 Å². The molecule has 0 aromatic heterocycles.